The van der Waals surface area contributed by atoms with Crippen LogP contribution in [0.25, 0.3) is 0 Å². The molecule has 3 fully saturated rings. The number of carbonyl (C=O) groups excluding carboxylic acids is 2. The second-order valence-electron chi connectivity index (χ2n) is 10.2. The molecule has 150 valence electrons. The first-order valence-corrected chi connectivity index (χ1v) is 10.4. The third-order valence-corrected chi connectivity index (χ3v) is 8.93. The molecule has 0 heterocycles. The molecule has 4 rings (SSSR count). The zero-order valence-electron chi connectivity index (χ0n) is 16.6. The number of carbonyl (C=O) groups is 2. The van der Waals surface area contributed by atoms with Crippen LogP contribution in [0.1, 0.15) is 65.7 Å². The monoisotopic (exact) mass is 376 g/mol. The minimum Gasteiger partial charge on any atom is -0.337 e. The summed E-state index contributed by atoms with van der Waals surface area (Å²) >= 11 is 0. The molecule has 7 atom stereocenters. The van der Waals surface area contributed by atoms with Crippen molar-refractivity contribution in [2.45, 2.75) is 71.7 Å². The molecule has 5 heteroatoms. The van der Waals surface area contributed by atoms with Crippen LogP contribution < -0.4 is 0 Å². The van der Waals surface area contributed by atoms with Gasteiger partial charge in [-0.25, -0.2) is 0 Å². The Hall–Kier alpha value is -1.04. The molecule has 0 saturated heterocycles. The number of ketones is 2. The normalized spacial score (nSPS) is 47.0. The SMILES string of the molecule is C[C@H]1C[C@H]2[C@@H]3CC[C@H](C(=O)C(O)(O)O)[C@@]3(C)CC[C@@H]2[C@@]2(C)CCC(=O)C=C12. The highest BCUT2D eigenvalue weighted by molar-refractivity contribution is 5.91. The van der Waals surface area contributed by atoms with Gasteiger partial charge in [0.15, 0.2) is 5.78 Å². The van der Waals surface area contributed by atoms with E-state index in [1.54, 1.807) is 0 Å². The van der Waals surface area contributed by atoms with Crippen LogP contribution in [0.15, 0.2) is 11.6 Å². The minimum absolute atomic E-state index is 0.0639. The van der Waals surface area contributed by atoms with Gasteiger partial charge in [-0.15, -0.1) is 0 Å². The molecule has 0 bridgehead atoms. The molecule has 0 radical (unpaired) electrons. The first-order valence-electron chi connectivity index (χ1n) is 10.4. The van der Waals surface area contributed by atoms with Crippen molar-refractivity contribution in [2.75, 3.05) is 0 Å². The minimum atomic E-state index is -3.23. The summed E-state index contributed by atoms with van der Waals surface area (Å²) in [6.07, 6.45) is 7.84. The van der Waals surface area contributed by atoms with Crippen molar-refractivity contribution in [2.24, 2.45) is 40.4 Å². The summed E-state index contributed by atoms with van der Waals surface area (Å²) in [7, 11) is 0. The van der Waals surface area contributed by atoms with Gasteiger partial charge in [0.05, 0.1) is 0 Å². The quantitative estimate of drug-likeness (QED) is 0.644. The molecule has 0 aromatic heterocycles. The Morgan fingerprint density at radius 1 is 1.11 bits per heavy atom. The molecule has 0 aromatic rings. The summed E-state index contributed by atoms with van der Waals surface area (Å²) < 4.78 is 0. The third kappa shape index (κ3) is 2.69. The predicted molar refractivity (Wildman–Crippen MR) is 99.1 cm³/mol. The maximum absolute atomic E-state index is 12.5. The second kappa shape index (κ2) is 5.98. The molecule has 0 spiro atoms. The van der Waals surface area contributed by atoms with E-state index < -0.39 is 17.7 Å². The van der Waals surface area contributed by atoms with Crippen LogP contribution in [0.4, 0.5) is 0 Å². The average molecular weight is 376 g/mol. The standard InChI is InChI=1S/C22H32O5/c1-12-10-14-15-4-5-17(19(24)22(25,26)27)20(15,2)9-7-16(14)21(3)8-6-13(23)11-18(12)21/h11-12,14-17,25-27H,4-10H2,1-3H3/t12-,14-,15-,16-,17+,20-,21+/m0/s1. The second-order valence-corrected chi connectivity index (χ2v) is 10.2. The van der Waals surface area contributed by atoms with E-state index >= 15 is 0 Å². The molecule has 0 amide bonds. The highest BCUT2D eigenvalue weighted by Crippen LogP contribution is 2.67. The Bertz CT molecular complexity index is 704. The molecular formula is C22H32O5. The lowest BCUT2D eigenvalue weighted by Gasteiger charge is -2.59. The van der Waals surface area contributed by atoms with Crippen molar-refractivity contribution in [3.05, 3.63) is 11.6 Å². The number of aliphatic hydroxyl groups is 3. The molecule has 3 N–H and O–H groups in total. The lowest BCUT2D eigenvalue weighted by Crippen LogP contribution is -2.54. The number of fused-ring (bicyclic) bond motifs is 5. The van der Waals surface area contributed by atoms with Crippen LogP contribution in [0, 0.1) is 40.4 Å². The van der Waals surface area contributed by atoms with Gasteiger partial charge in [-0.3, -0.25) is 9.59 Å². The van der Waals surface area contributed by atoms with Crippen molar-refractivity contribution in [1.29, 1.82) is 0 Å². The van der Waals surface area contributed by atoms with Crippen LogP contribution >= 0.6 is 0 Å². The van der Waals surface area contributed by atoms with E-state index in [0.717, 1.165) is 32.1 Å². The van der Waals surface area contributed by atoms with E-state index in [-0.39, 0.29) is 16.6 Å². The van der Waals surface area contributed by atoms with Crippen LogP contribution in [0.2, 0.25) is 0 Å². The van der Waals surface area contributed by atoms with Gasteiger partial charge >= 0.3 is 5.97 Å². The Morgan fingerprint density at radius 2 is 1.81 bits per heavy atom. The van der Waals surface area contributed by atoms with Crippen molar-refractivity contribution >= 4 is 11.6 Å². The van der Waals surface area contributed by atoms with Crippen LogP contribution in [-0.4, -0.2) is 32.9 Å². The molecule has 0 aromatic carbocycles. The van der Waals surface area contributed by atoms with Crippen LogP contribution in [-0.2, 0) is 9.59 Å². The van der Waals surface area contributed by atoms with E-state index in [4.69, 9.17) is 0 Å². The first kappa shape index (κ1) is 19.3. The fraction of sp³-hybridized carbons (Fsp3) is 0.818. The van der Waals surface area contributed by atoms with E-state index in [0.29, 0.717) is 36.5 Å². The molecule has 4 aliphatic rings. The van der Waals surface area contributed by atoms with Gasteiger partial charge < -0.3 is 15.3 Å². The van der Waals surface area contributed by atoms with Gasteiger partial charge in [0.1, 0.15) is 0 Å². The molecule has 0 unspecified atom stereocenters. The molecular weight excluding hydrogens is 344 g/mol. The highest BCUT2D eigenvalue weighted by atomic mass is 16.7. The summed E-state index contributed by atoms with van der Waals surface area (Å²) in [4.78, 5) is 24.5. The van der Waals surface area contributed by atoms with Crippen molar-refractivity contribution in [1.82, 2.24) is 0 Å². The summed E-state index contributed by atoms with van der Waals surface area (Å²) in [5.41, 5.74) is 1.10. The molecule has 27 heavy (non-hydrogen) atoms. The fourth-order valence-electron chi connectivity index (χ4n) is 7.65. The Labute approximate surface area is 160 Å². The highest BCUT2D eigenvalue weighted by Gasteiger charge is 2.62. The smallest absolute Gasteiger partial charge is 0.337 e. The van der Waals surface area contributed by atoms with Crippen molar-refractivity contribution in [3.8, 4) is 0 Å². The van der Waals surface area contributed by atoms with Crippen LogP contribution in [0.5, 0.6) is 0 Å². The summed E-state index contributed by atoms with van der Waals surface area (Å²) in [6.45, 7) is 6.67. The van der Waals surface area contributed by atoms with Gasteiger partial charge in [-0.05, 0) is 79.1 Å². The third-order valence-electron chi connectivity index (χ3n) is 8.93. The Kier molecular flexibility index (Phi) is 4.27. The van der Waals surface area contributed by atoms with Crippen LogP contribution in [0.3, 0.4) is 0 Å². The Balaban J connectivity index is 1.67. The lowest BCUT2D eigenvalue weighted by atomic mass is 9.45. The average Bonchev–Trinajstić information content (AvgIpc) is 2.92. The summed E-state index contributed by atoms with van der Waals surface area (Å²) in [5.74, 6) is -2.60. The van der Waals surface area contributed by atoms with Gasteiger partial charge in [0.2, 0.25) is 5.78 Å². The summed E-state index contributed by atoms with van der Waals surface area (Å²) in [5, 5.41) is 28.4. The number of rotatable bonds is 2. The van der Waals surface area contributed by atoms with Gasteiger partial charge in [-0.1, -0.05) is 26.3 Å². The van der Waals surface area contributed by atoms with E-state index in [1.165, 1.54) is 5.57 Å². The van der Waals surface area contributed by atoms with E-state index in [2.05, 4.69) is 20.8 Å². The van der Waals surface area contributed by atoms with Crippen molar-refractivity contribution < 1.29 is 24.9 Å². The summed E-state index contributed by atoms with van der Waals surface area (Å²) in [6, 6.07) is 0. The van der Waals surface area contributed by atoms with E-state index in [1.807, 2.05) is 6.08 Å². The largest absolute Gasteiger partial charge is 0.339 e. The van der Waals surface area contributed by atoms with Crippen molar-refractivity contribution in [3.63, 3.8) is 0 Å². The number of hydrogen-bond acceptors (Lipinski definition) is 5. The van der Waals surface area contributed by atoms with Gasteiger partial charge in [0.25, 0.3) is 0 Å². The molecule has 5 nitrogen and oxygen atoms in total. The van der Waals surface area contributed by atoms with Gasteiger partial charge in [0, 0.05) is 12.3 Å². The first-order chi connectivity index (χ1) is 12.5. The molecule has 4 aliphatic carbocycles. The number of Topliss-reactive ketones (excluding diaryl/α,β-unsaturated/α-hetero) is 1. The predicted octanol–water partition coefficient (Wildman–Crippen LogP) is 2.58. The number of allylic oxidation sites excluding steroid dienone is 1. The topological polar surface area (TPSA) is 94.8 Å². The van der Waals surface area contributed by atoms with E-state index in [9.17, 15) is 24.9 Å². The zero-order valence-corrected chi connectivity index (χ0v) is 16.6. The molecule has 3 saturated carbocycles. The Morgan fingerprint density at radius 3 is 2.48 bits per heavy atom. The van der Waals surface area contributed by atoms with Gasteiger partial charge in [-0.2, -0.15) is 0 Å². The maximum Gasteiger partial charge on any atom is 0.339 e. The lowest BCUT2D eigenvalue weighted by molar-refractivity contribution is -0.291. The molecule has 0 aliphatic heterocycles. The number of hydrogen-bond donors (Lipinski definition) is 3. The maximum atomic E-state index is 12.5. The fourth-order valence-corrected chi connectivity index (χ4v) is 7.65. The zero-order chi connectivity index (χ0) is 19.8.